The van der Waals surface area contributed by atoms with E-state index in [4.69, 9.17) is 4.52 Å². The molecule has 0 aliphatic heterocycles. The highest BCUT2D eigenvalue weighted by Crippen LogP contribution is 2.30. The molecule has 0 aliphatic carbocycles. The predicted molar refractivity (Wildman–Crippen MR) is 134 cm³/mol. The third kappa shape index (κ3) is 4.47. The Morgan fingerprint density at radius 3 is 2.51 bits per heavy atom. The highest BCUT2D eigenvalue weighted by molar-refractivity contribution is 7.92. The second kappa shape index (κ2) is 8.88. The van der Waals surface area contributed by atoms with Gasteiger partial charge in [-0.05, 0) is 38.0 Å². The number of hydrogen-bond donors (Lipinski definition) is 2. The fourth-order valence-electron chi connectivity index (χ4n) is 3.79. The van der Waals surface area contributed by atoms with Gasteiger partial charge in [-0.3, -0.25) is 4.72 Å². The Labute approximate surface area is 202 Å². The highest BCUT2D eigenvalue weighted by atomic mass is 32.2. The van der Waals surface area contributed by atoms with Crippen molar-refractivity contribution in [1.82, 2.24) is 19.8 Å². The molecule has 0 bridgehead atoms. The minimum Gasteiger partial charge on any atom is -0.366 e. The van der Waals surface area contributed by atoms with Gasteiger partial charge in [0.1, 0.15) is 11.6 Å². The van der Waals surface area contributed by atoms with Crippen LogP contribution in [0, 0.1) is 20.8 Å². The molecule has 0 saturated heterocycles. The lowest BCUT2D eigenvalue weighted by Crippen LogP contribution is -2.15. The van der Waals surface area contributed by atoms with E-state index in [0.29, 0.717) is 23.4 Å². The van der Waals surface area contributed by atoms with Crippen molar-refractivity contribution in [2.24, 2.45) is 0 Å². The molecule has 0 amide bonds. The molecule has 0 saturated carbocycles. The number of sulfonamides is 1. The number of aromatic nitrogens is 4. The molecule has 35 heavy (non-hydrogen) atoms. The molecule has 5 rings (SSSR count). The van der Waals surface area contributed by atoms with E-state index in [1.807, 2.05) is 49.4 Å². The van der Waals surface area contributed by atoms with Gasteiger partial charge in [0.25, 0.3) is 10.0 Å². The van der Waals surface area contributed by atoms with Gasteiger partial charge >= 0.3 is 0 Å². The van der Waals surface area contributed by atoms with Crippen molar-refractivity contribution >= 4 is 27.3 Å². The van der Waals surface area contributed by atoms with Crippen molar-refractivity contribution in [3.05, 3.63) is 89.4 Å². The smallest absolute Gasteiger partial charge is 0.263 e. The van der Waals surface area contributed by atoms with Gasteiger partial charge in [0.15, 0.2) is 11.5 Å². The summed E-state index contributed by atoms with van der Waals surface area (Å²) in [6.45, 7) is 6.01. The van der Waals surface area contributed by atoms with Crippen molar-refractivity contribution in [1.29, 1.82) is 0 Å². The van der Waals surface area contributed by atoms with Crippen LogP contribution in [0.2, 0.25) is 0 Å². The van der Waals surface area contributed by atoms with Crippen LogP contribution in [0.25, 0.3) is 16.8 Å². The van der Waals surface area contributed by atoms with Crippen LogP contribution in [-0.2, 0) is 16.6 Å². The average molecular weight is 489 g/mol. The Bertz CT molecular complexity index is 1620. The largest absolute Gasteiger partial charge is 0.366 e. The highest BCUT2D eigenvalue weighted by Gasteiger charge is 2.22. The van der Waals surface area contributed by atoms with Gasteiger partial charge in [0, 0.05) is 35.5 Å². The maximum atomic E-state index is 13.2. The van der Waals surface area contributed by atoms with E-state index in [2.05, 4.69) is 25.3 Å². The van der Waals surface area contributed by atoms with Crippen LogP contribution in [0.3, 0.4) is 0 Å². The van der Waals surface area contributed by atoms with Crippen LogP contribution in [-0.4, -0.2) is 28.2 Å². The lowest BCUT2D eigenvalue weighted by molar-refractivity contribution is 0.399. The minimum atomic E-state index is -3.88. The number of hydrogen-bond acceptors (Lipinski definition) is 7. The van der Waals surface area contributed by atoms with Gasteiger partial charge in [-0.25, -0.2) is 13.4 Å². The van der Waals surface area contributed by atoms with Gasteiger partial charge < -0.3 is 9.84 Å². The predicted octanol–water partition coefficient (Wildman–Crippen LogP) is 4.72. The van der Waals surface area contributed by atoms with Crippen LogP contribution in [0.1, 0.15) is 22.6 Å². The first-order valence-corrected chi connectivity index (χ1v) is 12.5. The molecule has 3 heterocycles. The molecular formula is C25H24N6O3S. The molecule has 0 unspecified atom stereocenters. The van der Waals surface area contributed by atoms with E-state index in [1.54, 1.807) is 42.8 Å². The van der Waals surface area contributed by atoms with Gasteiger partial charge in [-0.2, -0.15) is 9.61 Å². The van der Waals surface area contributed by atoms with Crippen LogP contribution in [0.5, 0.6) is 0 Å². The second-order valence-electron chi connectivity index (χ2n) is 8.25. The summed E-state index contributed by atoms with van der Waals surface area (Å²) in [5.41, 5.74) is 4.76. The van der Waals surface area contributed by atoms with Crippen LogP contribution in [0.4, 0.5) is 11.6 Å². The topological polar surface area (TPSA) is 114 Å². The summed E-state index contributed by atoms with van der Waals surface area (Å²) >= 11 is 0. The van der Waals surface area contributed by atoms with Gasteiger partial charge in [-0.1, -0.05) is 47.6 Å². The van der Waals surface area contributed by atoms with E-state index in [1.165, 1.54) is 0 Å². The zero-order valence-corrected chi connectivity index (χ0v) is 20.3. The molecule has 2 N–H and O–H groups in total. The van der Waals surface area contributed by atoms with E-state index in [-0.39, 0.29) is 10.7 Å². The lowest BCUT2D eigenvalue weighted by atomic mass is 10.0. The van der Waals surface area contributed by atoms with Crippen molar-refractivity contribution in [2.45, 2.75) is 32.2 Å². The van der Waals surface area contributed by atoms with E-state index in [9.17, 15) is 8.42 Å². The first kappa shape index (κ1) is 22.6. The monoisotopic (exact) mass is 488 g/mol. The van der Waals surface area contributed by atoms with Crippen molar-refractivity contribution < 1.29 is 12.9 Å². The number of nitrogens with one attached hydrogen (secondary N) is 2. The molecule has 2 aromatic carbocycles. The minimum absolute atomic E-state index is 0.166. The molecular weight excluding hydrogens is 464 g/mol. The first-order valence-electron chi connectivity index (χ1n) is 11.0. The Morgan fingerprint density at radius 2 is 1.77 bits per heavy atom. The number of aryl methyl sites for hydroxylation is 2. The summed E-state index contributed by atoms with van der Waals surface area (Å²) in [6.07, 6.45) is 1.72. The van der Waals surface area contributed by atoms with Crippen LogP contribution < -0.4 is 10.0 Å². The maximum Gasteiger partial charge on any atom is 0.263 e. The van der Waals surface area contributed by atoms with Crippen LogP contribution >= 0.6 is 0 Å². The third-order valence-electron chi connectivity index (χ3n) is 5.79. The molecule has 0 radical (unpaired) electrons. The van der Waals surface area contributed by atoms with Crippen molar-refractivity contribution in [3.63, 3.8) is 0 Å². The number of rotatable bonds is 7. The molecule has 9 nitrogen and oxygen atoms in total. The molecule has 10 heteroatoms. The number of anilines is 2. The zero-order valence-electron chi connectivity index (χ0n) is 19.5. The van der Waals surface area contributed by atoms with Crippen molar-refractivity contribution in [3.8, 4) is 11.1 Å². The quantitative estimate of drug-likeness (QED) is 0.341. The summed E-state index contributed by atoms with van der Waals surface area (Å²) in [5, 5.41) is 11.5. The van der Waals surface area contributed by atoms with E-state index < -0.39 is 10.0 Å². The fraction of sp³-hybridized carbons (Fsp3) is 0.160. The maximum absolute atomic E-state index is 13.2. The lowest BCUT2D eigenvalue weighted by Gasteiger charge is -2.13. The summed E-state index contributed by atoms with van der Waals surface area (Å²) in [4.78, 5) is 4.62. The van der Waals surface area contributed by atoms with Crippen molar-refractivity contribution in [2.75, 3.05) is 10.0 Å². The Balaban J connectivity index is 1.38. The Morgan fingerprint density at radius 1 is 1.00 bits per heavy atom. The second-order valence-corrected chi connectivity index (χ2v) is 9.90. The standard InChI is InChI=1S/C25H24N6O3S/c1-16-14-24(31-23(28-16)12-13-27-31)26-15-19-8-10-20(11-9-19)21-6-4-5-7-22(21)35(32,33)30-25-17(2)18(3)34-29-25/h4-14,26H,15H2,1-3H3,(H,29,30). The van der Waals surface area contributed by atoms with E-state index >= 15 is 0 Å². The summed E-state index contributed by atoms with van der Waals surface area (Å²) in [5.74, 6) is 1.61. The summed E-state index contributed by atoms with van der Waals surface area (Å²) in [6, 6.07) is 18.5. The molecule has 5 aromatic rings. The third-order valence-corrected chi connectivity index (χ3v) is 7.19. The van der Waals surface area contributed by atoms with Gasteiger partial charge in [-0.15, -0.1) is 0 Å². The normalized spacial score (nSPS) is 11.6. The number of fused-ring (bicyclic) bond motifs is 1. The fourth-order valence-corrected chi connectivity index (χ4v) is 5.08. The molecule has 0 spiro atoms. The Hall–Kier alpha value is -4.18. The van der Waals surface area contributed by atoms with Gasteiger partial charge in [0.05, 0.1) is 11.1 Å². The Kier molecular flexibility index (Phi) is 5.73. The zero-order chi connectivity index (χ0) is 24.6. The molecule has 0 aliphatic rings. The number of nitrogens with zero attached hydrogens (tertiary/aromatic N) is 4. The summed E-state index contributed by atoms with van der Waals surface area (Å²) < 4.78 is 35.8. The molecule has 0 fully saturated rings. The molecule has 0 atom stereocenters. The number of benzene rings is 2. The van der Waals surface area contributed by atoms with Crippen LogP contribution in [0.15, 0.2) is 76.3 Å². The molecule has 178 valence electrons. The average Bonchev–Trinajstić information content (AvgIpc) is 3.44. The SMILES string of the molecule is Cc1cc(NCc2ccc(-c3ccccc3S(=O)(=O)Nc3noc(C)c3C)cc2)n2nccc2n1. The first-order chi connectivity index (χ1) is 16.8. The van der Waals surface area contributed by atoms with E-state index in [0.717, 1.165) is 28.3 Å². The van der Waals surface area contributed by atoms with Gasteiger partial charge in [0.2, 0.25) is 0 Å². The summed E-state index contributed by atoms with van der Waals surface area (Å²) in [7, 11) is -3.88. The molecule has 3 aromatic heterocycles.